The van der Waals surface area contributed by atoms with Crippen molar-refractivity contribution in [1.82, 2.24) is 4.57 Å². The third-order valence-electron chi connectivity index (χ3n) is 3.03. The first-order valence-electron chi connectivity index (χ1n) is 7.57. The van der Waals surface area contributed by atoms with Crippen LogP contribution in [-0.4, -0.2) is 23.4 Å². The number of nitrogens with zero attached hydrogens (tertiary/aromatic N) is 1. The maximum atomic E-state index is 12.4. The smallest absolute Gasteiger partial charge is 0.419 e. The second kappa shape index (κ2) is 5.72. The quantitative estimate of drug-likeness (QED) is 0.737. The molecule has 1 aromatic heterocycles. The molecule has 1 heterocycles. The molecule has 0 spiro atoms. The summed E-state index contributed by atoms with van der Waals surface area (Å²) in [5, 5.41) is -1.18. The lowest BCUT2D eigenvalue weighted by Gasteiger charge is -2.20. The number of aromatic nitrogens is 1. The van der Waals surface area contributed by atoms with Crippen LogP contribution in [0.4, 0.5) is 4.79 Å². The molecule has 21 heavy (non-hydrogen) atoms. The lowest BCUT2D eigenvalue weighted by Crippen LogP contribution is -2.26. The SMILES string of the molecule is [2H]C([2H])(Br)c1c(OC)cc(C)c2c1ccn2C(=O)OC(C)(C)C. The molecule has 0 aliphatic heterocycles. The Kier molecular flexibility index (Phi) is 3.59. The van der Waals surface area contributed by atoms with Gasteiger partial charge in [0.25, 0.3) is 0 Å². The van der Waals surface area contributed by atoms with Gasteiger partial charge < -0.3 is 9.47 Å². The number of rotatable bonds is 2. The van der Waals surface area contributed by atoms with Crippen molar-refractivity contribution in [3.8, 4) is 5.75 Å². The fraction of sp³-hybridized carbons (Fsp3) is 0.438. The summed E-state index contributed by atoms with van der Waals surface area (Å²) in [5.74, 6) is 0.429. The topological polar surface area (TPSA) is 40.5 Å². The van der Waals surface area contributed by atoms with Gasteiger partial charge >= 0.3 is 6.09 Å². The van der Waals surface area contributed by atoms with Gasteiger partial charge in [-0.3, -0.25) is 4.57 Å². The van der Waals surface area contributed by atoms with Gasteiger partial charge in [0, 0.05) is 25.2 Å². The highest BCUT2D eigenvalue weighted by Crippen LogP contribution is 2.33. The largest absolute Gasteiger partial charge is 0.496 e. The summed E-state index contributed by atoms with van der Waals surface area (Å²) in [6.07, 6.45) is 1.09. The number of ether oxygens (including phenoxy) is 2. The van der Waals surface area contributed by atoms with E-state index in [1.807, 2.05) is 6.92 Å². The molecule has 0 radical (unpaired) electrons. The molecule has 0 amide bonds. The zero-order valence-corrected chi connectivity index (χ0v) is 14.4. The van der Waals surface area contributed by atoms with Crippen LogP contribution in [-0.2, 0) is 10.0 Å². The normalized spacial score (nSPS) is 13.8. The predicted molar refractivity (Wildman–Crippen MR) is 87.5 cm³/mol. The van der Waals surface area contributed by atoms with Crippen LogP contribution in [0.1, 0.15) is 34.6 Å². The molecule has 2 aromatic rings. The average Bonchev–Trinajstić information content (AvgIpc) is 2.79. The fourth-order valence-electron chi connectivity index (χ4n) is 2.23. The Hall–Kier alpha value is -1.49. The van der Waals surface area contributed by atoms with E-state index in [0.29, 0.717) is 22.2 Å². The number of hydrogen-bond donors (Lipinski definition) is 0. The Labute approximate surface area is 136 Å². The van der Waals surface area contributed by atoms with Crippen LogP contribution in [0.15, 0.2) is 18.3 Å². The van der Waals surface area contributed by atoms with Gasteiger partial charge in [-0.2, -0.15) is 0 Å². The molecule has 0 fully saturated rings. The fourth-order valence-corrected chi connectivity index (χ4v) is 2.64. The first-order chi connectivity index (χ1) is 10.5. The molecule has 0 unspecified atom stereocenters. The van der Waals surface area contributed by atoms with Crippen LogP contribution in [0.3, 0.4) is 0 Å². The number of carbonyl (C=O) groups is 1. The number of fused-ring (bicyclic) bond motifs is 1. The second-order valence-electron chi connectivity index (χ2n) is 5.79. The van der Waals surface area contributed by atoms with Crippen molar-refractivity contribution in [1.29, 1.82) is 0 Å². The molecule has 1 aromatic carbocycles. The summed E-state index contributed by atoms with van der Waals surface area (Å²) in [4.78, 5) is 12.4. The molecule has 0 aliphatic rings. The number of carbonyl (C=O) groups excluding carboxylic acids is 1. The van der Waals surface area contributed by atoms with Gasteiger partial charge in [-0.15, -0.1) is 0 Å². The van der Waals surface area contributed by atoms with Crippen LogP contribution < -0.4 is 4.74 Å². The van der Waals surface area contributed by atoms with E-state index in [1.54, 1.807) is 39.1 Å². The Morgan fingerprint density at radius 3 is 2.67 bits per heavy atom. The minimum atomic E-state index is -1.79. The van der Waals surface area contributed by atoms with Crippen molar-refractivity contribution < 1.29 is 17.0 Å². The van der Waals surface area contributed by atoms with Gasteiger partial charge in [-0.05, 0) is 45.4 Å². The molecule has 114 valence electrons. The van der Waals surface area contributed by atoms with Crippen molar-refractivity contribution in [3.63, 3.8) is 0 Å². The van der Waals surface area contributed by atoms with E-state index in [1.165, 1.54) is 11.7 Å². The molecule has 0 aliphatic carbocycles. The predicted octanol–water partition coefficient (Wildman–Crippen LogP) is 4.64. The number of methoxy groups -OCH3 is 1. The molecular formula is C16H20BrNO3. The summed E-state index contributed by atoms with van der Waals surface area (Å²) < 4.78 is 28.1. The lowest BCUT2D eigenvalue weighted by molar-refractivity contribution is 0.0544. The molecular weight excluding hydrogens is 334 g/mol. The zero-order chi connectivity index (χ0) is 17.6. The van der Waals surface area contributed by atoms with Gasteiger partial charge in [0.15, 0.2) is 0 Å². The monoisotopic (exact) mass is 355 g/mol. The Morgan fingerprint density at radius 2 is 2.14 bits per heavy atom. The van der Waals surface area contributed by atoms with Crippen molar-refractivity contribution in [2.75, 3.05) is 7.11 Å². The van der Waals surface area contributed by atoms with Crippen LogP contribution in [0.2, 0.25) is 0 Å². The van der Waals surface area contributed by atoms with Crippen LogP contribution >= 0.6 is 15.9 Å². The van der Waals surface area contributed by atoms with E-state index >= 15 is 0 Å². The number of alkyl halides is 1. The van der Waals surface area contributed by atoms with E-state index in [2.05, 4.69) is 15.9 Å². The molecule has 0 N–H and O–H groups in total. The minimum Gasteiger partial charge on any atom is -0.496 e. The van der Waals surface area contributed by atoms with Gasteiger partial charge in [0.05, 0.1) is 12.6 Å². The van der Waals surface area contributed by atoms with Gasteiger partial charge in [-0.1, -0.05) is 15.9 Å². The van der Waals surface area contributed by atoms with Gasteiger partial charge in [0.2, 0.25) is 0 Å². The molecule has 0 atom stereocenters. The second-order valence-corrected chi connectivity index (χ2v) is 6.19. The van der Waals surface area contributed by atoms with E-state index in [-0.39, 0.29) is 0 Å². The minimum absolute atomic E-state index is 0.350. The molecule has 4 nitrogen and oxygen atoms in total. The van der Waals surface area contributed by atoms with E-state index < -0.39 is 17.0 Å². The summed E-state index contributed by atoms with van der Waals surface area (Å²) in [6.45, 7) is 7.25. The van der Waals surface area contributed by atoms with Gasteiger partial charge in [-0.25, -0.2) is 4.79 Å². The Morgan fingerprint density at radius 1 is 1.48 bits per heavy atom. The zero-order valence-electron chi connectivity index (χ0n) is 14.8. The van der Waals surface area contributed by atoms with Crippen molar-refractivity contribution in [2.24, 2.45) is 0 Å². The average molecular weight is 356 g/mol. The van der Waals surface area contributed by atoms with Crippen LogP contribution in [0.25, 0.3) is 10.9 Å². The molecule has 2 rings (SSSR count). The summed E-state index contributed by atoms with van der Waals surface area (Å²) in [6, 6.07) is 3.42. The summed E-state index contributed by atoms with van der Waals surface area (Å²) >= 11 is 3.05. The van der Waals surface area contributed by atoms with Crippen LogP contribution in [0, 0.1) is 6.92 Å². The van der Waals surface area contributed by atoms with E-state index in [4.69, 9.17) is 12.2 Å². The van der Waals surface area contributed by atoms with Crippen molar-refractivity contribution in [2.45, 2.75) is 38.6 Å². The standard InChI is InChI=1S/C16H20BrNO3/c1-10-8-13(20-5)12(9-17)11-6-7-18(14(10)11)15(19)21-16(2,3)4/h6-8H,9H2,1-5H3/i9D2. The van der Waals surface area contributed by atoms with Crippen molar-refractivity contribution in [3.05, 3.63) is 29.5 Å². The molecule has 0 bridgehead atoms. The molecule has 0 saturated carbocycles. The van der Waals surface area contributed by atoms with E-state index in [0.717, 1.165) is 5.56 Å². The highest BCUT2D eigenvalue weighted by Gasteiger charge is 2.21. The highest BCUT2D eigenvalue weighted by atomic mass is 79.9. The van der Waals surface area contributed by atoms with E-state index in [9.17, 15) is 4.79 Å². The van der Waals surface area contributed by atoms with Crippen molar-refractivity contribution >= 4 is 32.9 Å². The highest BCUT2D eigenvalue weighted by molar-refractivity contribution is 9.08. The maximum absolute atomic E-state index is 12.4. The van der Waals surface area contributed by atoms with Crippen LogP contribution in [0.5, 0.6) is 5.75 Å². The third-order valence-corrected chi connectivity index (χ3v) is 3.42. The lowest BCUT2D eigenvalue weighted by atomic mass is 10.1. The Bertz CT molecular complexity index is 757. The molecule has 0 saturated heterocycles. The first-order valence-corrected chi connectivity index (χ1v) is 7.36. The Balaban J connectivity index is 2.72. The summed E-state index contributed by atoms with van der Waals surface area (Å²) in [7, 11) is 1.49. The molecule has 5 heteroatoms. The number of halogens is 1. The third kappa shape index (κ3) is 3.07. The maximum Gasteiger partial charge on any atom is 0.419 e. The first kappa shape index (κ1) is 13.2. The number of aryl methyl sites for hydroxylation is 1. The number of benzene rings is 1. The number of hydrogen-bond acceptors (Lipinski definition) is 3. The van der Waals surface area contributed by atoms with Gasteiger partial charge in [0.1, 0.15) is 11.4 Å². The summed E-state index contributed by atoms with van der Waals surface area (Å²) in [5.41, 5.74) is 1.15.